The van der Waals surface area contributed by atoms with Crippen molar-refractivity contribution in [1.82, 2.24) is 9.97 Å². The number of hydrogen-bond donors (Lipinski definition) is 3. The number of nitrogens with one attached hydrogen (secondary N) is 1. The van der Waals surface area contributed by atoms with Gasteiger partial charge in [0.1, 0.15) is 6.04 Å². The molecule has 1 aromatic heterocycles. The first-order valence-electron chi connectivity index (χ1n) is 7.22. The minimum absolute atomic E-state index is 0.0461. The van der Waals surface area contributed by atoms with E-state index in [0.29, 0.717) is 16.7 Å². The van der Waals surface area contributed by atoms with Crippen molar-refractivity contribution in [3.05, 3.63) is 65.3 Å². The second kappa shape index (κ2) is 7.47. The Morgan fingerprint density at radius 1 is 1.29 bits per heavy atom. The summed E-state index contributed by atoms with van der Waals surface area (Å²) >= 11 is 0. The van der Waals surface area contributed by atoms with Gasteiger partial charge in [0.25, 0.3) is 0 Å². The van der Waals surface area contributed by atoms with Crippen LogP contribution in [-0.4, -0.2) is 38.7 Å². The topological polar surface area (TPSA) is 126 Å². The first-order valence-corrected chi connectivity index (χ1v) is 7.22. The van der Waals surface area contributed by atoms with E-state index in [1.54, 1.807) is 37.4 Å². The zero-order valence-electron chi connectivity index (χ0n) is 13.0. The molecule has 0 fully saturated rings. The van der Waals surface area contributed by atoms with Crippen molar-refractivity contribution < 1.29 is 19.5 Å². The summed E-state index contributed by atoms with van der Waals surface area (Å²) in [5.74, 6) is -1.12. The normalized spacial score (nSPS) is 14.2. The molecule has 0 saturated carbocycles. The maximum atomic E-state index is 11.5. The molecular formula is C17H17N3O4. The molecule has 1 aliphatic rings. The quantitative estimate of drug-likeness (QED) is 0.781. The molecule has 7 nitrogen and oxygen atoms in total. The number of hydrogen-bond acceptors (Lipinski definition) is 5. The van der Waals surface area contributed by atoms with E-state index in [-0.39, 0.29) is 18.0 Å². The number of aromatic nitrogens is 2. The SMILES string of the molecule is CC1=CC(=O)c2ccccc2C1=O.N[C@@H](Cc1cnc[nH]1)C(=O)O. The Morgan fingerprint density at radius 2 is 1.96 bits per heavy atom. The van der Waals surface area contributed by atoms with Gasteiger partial charge in [0, 0.05) is 35.0 Å². The van der Waals surface area contributed by atoms with Crippen molar-refractivity contribution in [2.24, 2.45) is 5.73 Å². The molecule has 0 saturated heterocycles. The molecule has 3 rings (SSSR count). The highest BCUT2D eigenvalue weighted by Crippen LogP contribution is 2.20. The van der Waals surface area contributed by atoms with Gasteiger partial charge in [0.15, 0.2) is 11.6 Å². The van der Waals surface area contributed by atoms with E-state index < -0.39 is 12.0 Å². The number of nitrogens with zero attached hydrogens (tertiary/aromatic N) is 1. The number of fused-ring (bicyclic) bond motifs is 1. The third kappa shape index (κ3) is 4.02. The van der Waals surface area contributed by atoms with Crippen molar-refractivity contribution in [1.29, 1.82) is 0 Å². The molecule has 2 aromatic rings. The fourth-order valence-electron chi connectivity index (χ4n) is 2.17. The average molecular weight is 327 g/mol. The second-order valence-corrected chi connectivity index (χ2v) is 5.29. The minimum Gasteiger partial charge on any atom is -0.480 e. The molecule has 0 spiro atoms. The van der Waals surface area contributed by atoms with Gasteiger partial charge in [-0.2, -0.15) is 0 Å². The Morgan fingerprint density at radius 3 is 2.54 bits per heavy atom. The Hall–Kier alpha value is -3.06. The van der Waals surface area contributed by atoms with Gasteiger partial charge >= 0.3 is 5.97 Å². The first-order chi connectivity index (χ1) is 11.4. The minimum atomic E-state index is -1.00. The summed E-state index contributed by atoms with van der Waals surface area (Å²) in [5.41, 5.74) is 7.55. The number of rotatable bonds is 3. The second-order valence-electron chi connectivity index (χ2n) is 5.29. The first kappa shape index (κ1) is 17.3. The molecule has 1 aliphatic carbocycles. The van der Waals surface area contributed by atoms with E-state index in [9.17, 15) is 14.4 Å². The van der Waals surface area contributed by atoms with Crippen molar-refractivity contribution in [2.75, 3.05) is 0 Å². The molecular weight excluding hydrogens is 310 g/mol. The smallest absolute Gasteiger partial charge is 0.320 e. The van der Waals surface area contributed by atoms with Crippen LogP contribution in [0.25, 0.3) is 0 Å². The molecule has 7 heteroatoms. The van der Waals surface area contributed by atoms with Crippen LogP contribution in [0.4, 0.5) is 0 Å². The van der Waals surface area contributed by atoms with Gasteiger partial charge in [-0.15, -0.1) is 0 Å². The summed E-state index contributed by atoms with van der Waals surface area (Å²) in [7, 11) is 0. The standard InChI is InChI=1S/C11H8O2.C6H9N3O2/c1-7-6-10(12)8-4-2-3-5-9(8)11(7)13;7-5(6(10)11)1-4-2-8-3-9-4/h2-6H,1H3;2-3,5H,1,7H2,(H,8,9)(H,10,11)/t;5-/m.0/s1. The highest BCUT2D eigenvalue weighted by molar-refractivity contribution is 6.24. The molecule has 0 aliphatic heterocycles. The third-order valence-electron chi connectivity index (χ3n) is 3.45. The van der Waals surface area contributed by atoms with E-state index >= 15 is 0 Å². The fraction of sp³-hybridized carbons (Fsp3) is 0.176. The molecule has 24 heavy (non-hydrogen) atoms. The molecule has 0 unspecified atom stereocenters. The van der Waals surface area contributed by atoms with Crippen LogP contribution in [0.5, 0.6) is 0 Å². The third-order valence-corrected chi connectivity index (χ3v) is 3.45. The molecule has 0 bridgehead atoms. The van der Waals surface area contributed by atoms with E-state index in [0.717, 1.165) is 5.69 Å². The lowest BCUT2D eigenvalue weighted by Crippen LogP contribution is -2.32. The van der Waals surface area contributed by atoms with Crippen molar-refractivity contribution in [3.63, 3.8) is 0 Å². The van der Waals surface area contributed by atoms with Crippen LogP contribution in [0.15, 0.2) is 48.4 Å². The zero-order chi connectivity index (χ0) is 17.7. The van der Waals surface area contributed by atoms with Crippen molar-refractivity contribution in [2.45, 2.75) is 19.4 Å². The number of allylic oxidation sites excluding steroid dienone is 2. The number of carboxylic acid groups (broad SMARTS) is 1. The average Bonchev–Trinajstić information content (AvgIpc) is 3.06. The van der Waals surface area contributed by atoms with Gasteiger partial charge in [-0.25, -0.2) is 4.98 Å². The Balaban J connectivity index is 0.000000177. The number of benzene rings is 1. The van der Waals surface area contributed by atoms with Crippen LogP contribution in [0.1, 0.15) is 33.3 Å². The Kier molecular flexibility index (Phi) is 5.39. The molecule has 0 radical (unpaired) electrons. The number of ketones is 2. The van der Waals surface area contributed by atoms with Gasteiger partial charge in [0.2, 0.25) is 0 Å². The van der Waals surface area contributed by atoms with Crippen LogP contribution >= 0.6 is 0 Å². The number of carbonyl (C=O) groups excluding carboxylic acids is 2. The summed E-state index contributed by atoms with van der Waals surface area (Å²) in [4.78, 5) is 39.7. The molecule has 4 N–H and O–H groups in total. The van der Waals surface area contributed by atoms with Crippen LogP contribution in [0.3, 0.4) is 0 Å². The van der Waals surface area contributed by atoms with Gasteiger partial charge in [0.05, 0.1) is 6.33 Å². The van der Waals surface area contributed by atoms with Gasteiger partial charge in [-0.1, -0.05) is 24.3 Å². The summed E-state index contributed by atoms with van der Waals surface area (Å²) in [6.45, 7) is 1.66. The molecule has 124 valence electrons. The molecule has 0 amide bonds. The van der Waals surface area contributed by atoms with Gasteiger partial charge < -0.3 is 15.8 Å². The lowest BCUT2D eigenvalue weighted by molar-refractivity contribution is -0.138. The predicted octanol–water partition coefficient (Wildman–Crippen LogP) is 1.38. The summed E-state index contributed by atoms with van der Waals surface area (Å²) in [6.07, 6.45) is 4.73. The Bertz CT molecular complexity index is 794. The Labute approximate surface area is 138 Å². The number of imidazole rings is 1. The zero-order valence-corrected chi connectivity index (χ0v) is 13.0. The lowest BCUT2D eigenvalue weighted by Gasteiger charge is -2.11. The van der Waals surface area contributed by atoms with E-state index in [4.69, 9.17) is 10.8 Å². The number of aliphatic carboxylic acids is 1. The number of carbonyl (C=O) groups is 3. The maximum Gasteiger partial charge on any atom is 0.320 e. The molecule has 1 heterocycles. The maximum absolute atomic E-state index is 11.5. The summed E-state index contributed by atoms with van der Waals surface area (Å²) < 4.78 is 0. The largest absolute Gasteiger partial charge is 0.480 e. The molecule has 1 atom stereocenters. The van der Waals surface area contributed by atoms with Crippen molar-refractivity contribution >= 4 is 17.5 Å². The summed E-state index contributed by atoms with van der Waals surface area (Å²) in [6, 6.07) is 6.04. The number of H-pyrrole nitrogens is 1. The number of carboxylic acids is 1. The number of aromatic amines is 1. The van der Waals surface area contributed by atoms with Crippen LogP contribution in [0, 0.1) is 0 Å². The lowest BCUT2D eigenvalue weighted by atomic mass is 9.90. The van der Waals surface area contributed by atoms with E-state index in [1.807, 2.05) is 0 Å². The van der Waals surface area contributed by atoms with Crippen LogP contribution in [-0.2, 0) is 11.2 Å². The number of Topliss-reactive ketones (excluding diaryl/α,β-unsaturated/α-hetero) is 1. The van der Waals surface area contributed by atoms with Gasteiger partial charge in [-0.05, 0) is 13.0 Å². The molecule has 1 aromatic carbocycles. The number of nitrogens with two attached hydrogens (primary N) is 1. The summed E-state index contributed by atoms with van der Waals surface area (Å²) in [5, 5.41) is 8.42. The van der Waals surface area contributed by atoms with E-state index in [1.165, 1.54) is 12.4 Å². The van der Waals surface area contributed by atoms with Crippen LogP contribution < -0.4 is 5.73 Å². The van der Waals surface area contributed by atoms with Gasteiger partial charge in [-0.3, -0.25) is 14.4 Å². The van der Waals surface area contributed by atoms with E-state index in [2.05, 4.69) is 9.97 Å². The predicted molar refractivity (Wildman–Crippen MR) is 86.8 cm³/mol. The van der Waals surface area contributed by atoms with Crippen LogP contribution in [0.2, 0.25) is 0 Å². The monoisotopic (exact) mass is 327 g/mol. The highest BCUT2D eigenvalue weighted by atomic mass is 16.4. The van der Waals surface area contributed by atoms with Crippen molar-refractivity contribution in [3.8, 4) is 0 Å². The highest BCUT2D eigenvalue weighted by Gasteiger charge is 2.21. The fourth-order valence-corrected chi connectivity index (χ4v) is 2.17.